The van der Waals surface area contributed by atoms with E-state index in [1.807, 2.05) is 0 Å². The molecule has 0 aromatic heterocycles. The van der Waals surface area contributed by atoms with Crippen LogP contribution in [0.3, 0.4) is 0 Å². The summed E-state index contributed by atoms with van der Waals surface area (Å²) in [6.45, 7) is 0.553. The first kappa shape index (κ1) is 17.6. The van der Waals surface area contributed by atoms with Gasteiger partial charge in [0.05, 0.1) is 13.1 Å². The second kappa shape index (κ2) is 7.35. The molecule has 1 aliphatic rings. The van der Waals surface area contributed by atoms with Gasteiger partial charge in [0.15, 0.2) is 0 Å². The molecule has 0 radical (unpaired) electrons. The number of amides is 4. The van der Waals surface area contributed by atoms with E-state index in [-0.39, 0.29) is 30.7 Å². The number of carbonyl (C=O) groups excluding carboxylic acids is 3. The maximum absolute atomic E-state index is 12.9. The van der Waals surface area contributed by atoms with E-state index in [0.717, 1.165) is 16.0 Å². The molecule has 6 nitrogen and oxygen atoms in total. The van der Waals surface area contributed by atoms with Crippen molar-refractivity contribution in [3.05, 3.63) is 71.0 Å². The third-order valence-electron chi connectivity index (χ3n) is 4.16. The van der Waals surface area contributed by atoms with Gasteiger partial charge >= 0.3 is 6.03 Å². The molecule has 0 unspecified atom stereocenters. The third kappa shape index (κ3) is 3.88. The average Bonchev–Trinajstić information content (AvgIpc) is 2.95. The number of nitrogens with zero attached hydrogens (tertiary/aromatic N) is 2. The van der Waals surface area contributed by atoms with E-state index in [1.165, 1.54) is 12.1 Å². The van der Waals surface area contributed by atoms with E-state index in [9.17, 15) is 18.8 Å². The Balaban J connectivity index is 1.63. The number of rotatable bonds is 5. The van der Waals surface area contributed by atoms with Gasteiger partial charge in [0.25, 0.3) is 5.91 Å². The molecule has 0 bridgehead atoms. The number of hydrogen-bond donors (Lipinski definition) is 1. The molecule has 4 amide bonds. The lowest BCUT2D eigenvalue weighted by Gasteiger charge is -2.18. The van der Waals surface area contributed by atoms with Crippen LogP contribution in [0.5, 0.6) is 0 Å². The van der Waals surface area contributed by atoms with Gasteiger partial charge in [-0.25, -0.2) is 9.18 Å². The molecule has 0 spiro atoms. The van der Waals surface area contributed by atoms with Crippen LogP contribution in [0.15, 0.2) is 48.5 Å². The summed E-state index contributed by atoms with van der Waals surface area (Å²) in [5, 5.41) is 2.46. The van der Waals surface area contributed by atoms with Gasteiger partial charge in [-0.3, -0.25) is 14.5 Å². The Labute approximate surface area is 150 Å². The monoisotopic (exact) mass is 355 g/mol. The van der Waals surface area contributed by atoms with Crippen molar-refractivity contribution in [2.24, 2.45) is 0 Å². The predicted octanol–water partition coefficient (Wildman–Crippen LogP) is 2.15. The van der Waals surface area contributed by atoms with Crippen LogP contribution < -0.4 is 5.32 Å². The van der Waals surface area contributed by atoms with Crippen molar-refractivity contribution >= 4 is 17.8 Å². The summed E-state index contributed by atoms with van der Waals surface area (Å²) in [7, 11) is 1.67. The Bertz CT molecular complexity index is 818. The van der Waals surface area contributed by atoms with Crippen molar-refractivity contribution in [1.29, 1.82) is 0 Å². The topological polar surface area (TPSA) is 69.7 Å². The van der Waals surface area contributed by atoms with Crippen LogP contribution in [0.2, 0.25) is 0 Å². The molecular weight excluding hydrogens is 337 g/mol. The normalized spacial score (nSPS) is 13.7. The Morgan fingerprint density at radius 2 is 1.69 bits per heavy atom. The van der Waals surface area contributed by atoms with Crippen LogP contribution in [0.1, 0.15) is 21.5 Å². The second-order valence-electron chi connectivity index (χ2n) is 6.12. The smallest absolute Gasteiger partial charge is 0.324 e. The summed E-state index contributed by atoms with van der Waals surface area (Å²) in [6.07, 6.45) is 0. The summed E-state index contributed by atoms with van der Waals surface area (Å²) in [5.74, 6) is -0.756. The molecule has 2 aromatic carbocycles. The zero-order valence-electron chi connectivity index (χ0n) is 14.2. The SMILES string of the molecule is CN(Cc1ccc(F)cc1)C(=O)c1ccc(CN2C(=O)CNC2=O)cc1. The number of urea groups is 1. The second-order valence-corrected chi connectivity index (χ2v) is 6.12. The number of hydrogen-bond acceptors (Lipinski definition) is 3. The van der Waals surface area contributed by atoms with Gasteiger partial charge in [0.2, 0.25) is 5.91 Å². The molecule has 0 aliphatic carbocycles. The van der Waals surface area contributed by atoms with Gasteiger partial charge < -0.3 is 10.2 Å². The molecule has 3 rings (SSSR count). The van der Waals surface area contributed by atoms with Crippen molar-refractivity contribution in [2.45, 2.75) is 13.1 Å². The minimum Gasteiger partial charge on any atom is -0.337 e. The first-order valence-corrected chi connectivity index (χ1v) is 8.11. The van der Waals surface area contributed by atoms with Crippen LogP contribution in [0.4, 0.5) is 9.18 Å². The molecule has 1 heterocycles. The number of nitrogens with one attached hydrogen (secondary N) is 1. The van der Waals surface area contributed by atoms with Gasteiger partial charge in [-0.2, -0.15) is 0 Å². The summed E-state index contributed by atoms with van der Waals surface area (Å²) in [4.78, 5) is 38.3. The number of benzene rings is 2. The fraction of sp³-hybridized carbons (Fsp3) is 0.211. The van der Waals surface area contributed by atoms with Crippen LogP contribution >= 0.6 is 0 Å². The first-order chi connectivity index (χ1) is 12.4. The fourth-order valence-electron chi connectivity index (χ4n) is 2.71. The molecule has 26 heavy (non-hydrogen) atoms. The Kier molecular flexibility index (Phi) is 4.97. The highest BCUT2D eigenvalue weighted by Gasteiger charge is 2.28. The fourth-order valence-corrected chi connectivity index (χ4v) is 2.71. The average molecular weight is 355 g/mol. The Morgan fingerprint density at radius 3 is 2.27 bits per heavy atom. The largest absolute Gasteiger partial charge is 0.337 e. The summed E-state index contributed by atoms with van der Waals surface area (Å²) < 4.78 is 12.9. The lowest BCUT2D eigenvalue weighted by Crippen LogP contribution is -2.30. The minimum atomic E-state index is -0.408. The zero-order valence-corrected chi connectivity index (χ0v) is 14.2. The van der Waals surface area contributed by atoms with Gasteiger partial charge in [-0.15, -0.1) is 0 Å². The van der Waals surface area contributed by atoms with Crippen LogP contribution in [0, 0.1) is 5.82 Å². The van der Waals surface area contributed by atoms with Crippen LogP contribution in [-0.4, -0.2) is 41.2 Å². The lowest BCUT2D eigenvalue weighted by molar-refractivity contribution is -0.125. The Hall–Kier alpha value is -3.22. The summed E-state index contributed by atoms with van der Waals surface area (Å²) in [5.41, 5.74) is 2.08. The van der Waals surface area contributed by atoms with E-state index in [1.54, 1.807) is 48.3 Å². The highest BCUT2D eigenvalue weighted by Crippen LogP contribution is 2.13. The quantitative estimate of drug-likeness (QED) is 0.836. The molecule has 7 heteroatoms. The molecule has 134 valence electrons. The lowest BCUT2D eigenvalue weighted by atomic mass is 10.1. The van der Waals surface area contributed by atoms with Gasteiger partial charge in [0, 0.05) is 19.2 Å². The van der Waals surface area contributed by atoms with E-state index in [2.05, 4.69) is 5.32 Å². The van der Waals surface area contributed by atoms with Crippen LogP contribution in [-0.2, 0) is 17.9 Å². The van der Waals surface area contributed by atoms with E-state index in [0.29, 0.717) is 12.1 Å². The molecular formula is C19H18FN3O3. The Morgan fingerprint density at radius 1 is 1.08 bits per heavy atom. The molecule has 0 atom stereocenters. The van der Waals surface area contributed by atoms with E-state index in [4.69, 9.17) is 0 Å². The highest BCUT2D eigenvalue weighted by atomic mass is 19.1. The zero-order chi connectivity index (χ0) is 18.7. The molecule has 1 N–H and O–H groups in total. The standard InChI is InChI=1S/C19H18FN3O3/c1-22(11-13-4-8-16(20)9-5-13)18(25)15-6-2-14(3-7-15)12-23-17(24)10-21-19(23)26/h2-9H,10-12H2,1H3,(H,21,26). The van der Waals surface area contributed by atoms with Gasteiger partial charge in [-0.1, -0.05) is 24.3 Å². The number of imide groups is 1. The maximum atomic E-state index is 12.9. The van der Waals surface area contributed by atoms with E-state index < -0.39 is 6.03 Å². The molecule has 2 aromatic rings. The third-order valence-corrected chi connectivity index (χ3v) is 4.16. The number of halogens is 1. The summed E-state index contributed by atoms with van der Waals surface area (Å²) >= 11 is 0. The van der Waals surface area contributed by atoms with Crippen LogP contribution in [0.25, 0.3) is 0 Å². The van der Waals surface area contributed by atoms with Crippen molar-refractivity contribution < 1.29 is 18.8 Å². The maximum Gasteiger partial charge on any atom is 0.324 e. The molecule has 1 fully saturated rings. The predicted molar refractivity (Wildman–Crippen MR) is 92.6 cm³/mol. The minimum absolute atomic E-state index is 0.0174. The summed E-state index contributed by atoms with van der Waals surface area (Å²) in [6, 6.07) is 12.4. The van der Waals surface area contributed by atoms with Crippen molar-refractivity contribution in [3.63, 3.8) is 0 Å². The van der Waals surface area contributed by atoms with Gasteiger partial charge in [-0.05, 0) is 35.4 Å². The first-order valence-electron chi connectivity index (χ1n) is 8.11. The molecule has 1 aliphatic heterocycles. The molecule has 1 saturated heterocycles. The van der Waals surface area contributed by atoms with Crippen molar-refractivity contribution in [1.82, 2.24) is 15.1 Å². The number of carbonyl (C=O) groups is 3. The van der Waals surface area contributed by atoms with Gasteiger partial charge in [0.1, 0.15) is 5.82 Å². The van der Waals surface area contributed by atoms with Crippen molar-refractivity contribution in [3.8, 4) is 0 Å². The van der Waals surface area contributed by atoms with E-state index >= 15 is 0 Å². The molecule has 0 saturated carbocycles. The van der Waals surface area contributed by atoms with Crippen molar-refractivity contribution in [2.75, 3.05) is 13.6 Å². The highest BCUT2D eigenvalue weighted by molar-refractivity contribution is 6.01.